The third kappa shape index (κ3) is 2.29. The van der Waals surface area contributed by atoms with Crippen molar-refractivity contribution in [2.45, 2.75) is 12.2 Å². The van der Waals surface area contributed by atoms with Crippen molar-refractivity contribution < 1.29 is 8.42 Å². The summed E-state index contributed by atoms with van der Waals surface area (Å²) in [7, 11) is -1.78. The third-order valence-corrected chi connectivity index (χ3v) is 3.79. The summed E-state index contributed by atoms with van der Waals surface area (Å²) in [6.45, 7) is 1.67. The van der Waals surface area contributed by atoms with E-state index >= 15 is 0 Å². The van der Waals surface area contributed by atoms with E-state index in [1.54, 1.807) is 19.1 Å². The number of rotatable bonds is 3. The first-order valence-corrected chi connectivity index (χ1v) is 5.60. The van der Waals surface area contributed by atoms with Gasteiger partial charge in [-0.15, -0.1) is 0 Å². The Morgan fingerprint density at radius 1 is 1.23 bits per heavy atom. The summed E-state index contributed by atoms with van der Waals surface area (Å²) in [6, 6.07) is 9.13. The summed E-state index contributed by atoms with van der Waals surface area (Å²) in [5, 5.41) is -0.501. The van der Waals surface area contributed by atoms with Crippen molar-refractivity contribution in [1.82, 2.24) is 4.72 Å². The zero-order valence-corrected chi connectivity index (χ0v) is 8.51. The van der Waals surface area contributed by atoms with Crippen LogP contribution in [-0.4, -0.2) is 15.5 Å². The van der Waals surface area contributed by atoms with Gasteiger partial charge in [0.25, 0.3) is 0 Å². The van der Waals surface area contributed by atoms with E-state index in [4.69, 9.17) is 0 Å². The summed E-state index contributed by atoms with van der Waals surface area (Å²) in [5.41, 5.74) is 0.803. The molecule has 0 amide bonds. The van der Waals surface area contributed by atoms with E-state index in [1.807, 2.05) is 18.2 Å². The van der Waals surface area contributed by atoms with Crippen molar-refractivity contribution in [2.75, 3.05) is 7.05 Å². The predicted molar refractivity (Wildman–Crippen MR) is 52.8 cm³/mol. The first kappa shape index (κ1) is 10.2. The maximum atomic E-state index is 11.4. The van der Waals surface area contributed by atoms with Gasteiger partial charge in [0.15, 0.2) is 0 Å². The Kier molecular flexibility index (Phi) is 3.06. The molecule has 0 bridgehead atoms. The summed E-state index contributed by atoms with van der Waals surface area (Å²) < 4.78 is 25.1. The number of benzene rings is 1. The average molecular weight is 199 g/mol. The molecule has 1 aromatic rings. The molecule has 0 heterocycles. The molecule has 0 aliphatic rings. The lowest BCUT2D eigenvalue weighted by molar-refractivity contribution is 0.578. The zero-order chi connectivity index (χ0) is 9.90. The Labute approximate surface area is 78.8 Å². The number of nitrogens with one attached hydrogen (secondary N) is 1. The first-order valence-electron chi connectivity index (χ1n) is 4.05. The van der Waals surface area contributed by atoms with Gasteiger partial charge < -0.3 is 0 Å². The van der Waals surface area contributed by atoms with Gasteiger partial charge in [-0.2, -0.15) is 0 Å². The molecular formula is C9H13NO2S. The highest BCUT2D eigenvalue weighted by Crippen LogP contribution is 2.19. The van der Waals surface area contributed by atoms with Gasteiger partial charge in [0.1, 0.15) is 0 Å². The molecule has 0 unspecified atom stereocenters. The highest BCUT2D eigenvalue weighted by atomic mass is 32.2. The first-order chi connectivity index (χ1) is 6.08. The molecular weight excluding hydrogens is 186 g/mol. The van der Waals surface area contributed by atoms with Crippen molar-refractivity contribution >= 4 is 10.0 Å². The quantitative estimate of drug-likeness (QED) is 0.797. The van der Waals surface area contributed by atoms with E-state index in [2.05, 4.69) is 4.72 Å². The fourth-order valence-electron chi connectivity index (χ4n) is 1.08. The van der Waals surface area contributed by atoms with Crippen LogP contribution >= 0.6 is 0 Å². The zero-order valence-electron chi connectivity index (χ0n) is 7.69. The number of hydrogen-bond donors (Lipinski definition) is 1. The molecule has 0 aliphatic carbocycles. The van der Waals surface area contributed by atoms with Gasteiger partial charge in [-0.05, 0) is 19.5 Å². The fraction of sp³-hybridized carbons (Fsp3) is 0.333. The van der Waals surface area contributed by atoms with Crippen LogP contribution in [0, 0.1) is 0 Å². The van der Waals surface area contributed by atoms with Crippen molar-refractivity contribution in [3.63, 3.8) is 0 Å². The second-order valence-corrected chi connectivity index (χ2v) is 5.01. The fourth-order valence-corrected chi connectivity index (χ4v) is 1.95. The monoisotopic (exact) mass is 199 g/mol. The summed E-state index contributed by atoms with van der Waals surface area (Å²) >= 11 is 0. The molecule has 0 aliphatic heterocycles. The van der Waals surface area contributed by atoms with Crippen molar-refractivity contribution in [3.05, 3.63) is 35.9 Å². The molecule has 1 aromatic carbocycles. The second-order valence-electron chi connectivity index (χ2n) is 2.80. The van der Waals surface area contributed by atoms with Gasteiger partial charge in [-0.1, -0.05) is 30.3 Å². The lowest BCUT2D eigenvalue weighted by Gasteiger charge is -2.11. The highest BCUT2D eigenvalue weighted by molar-refractivity contribution is 7.89. The van der Waals surface area contributed by atoms with Crippen LogP contribution in [0.25, 0.3) is 0 Å². The SMILES string of the molecule is CNS(=O)(=O)[C@@H](C)c1ccccc1. The molecule has 0 spiro atoms. The molecule has 0 saturated carbocycles. The van der Waals surface area contributed by atoms with E-state index in [-0.39, 0.29) is 0 Å². The van der Waals surface area contributed by atoms with Crippen LogP contribution in [0.4, 0.5) is 0 Å². The van der Waals surface area contributed by atoms with Crippen LogP contribution in [0.5, 0.6) is 0 Å². The van der Waals surface area contributed by atoms with E-state index in [9.17, 15) is 8.42 Å². The van der Waals surface area contributed by atoms with Crippen molar-refractivity contribution in [2.24, 2.45) is 0 Å². The predicted octanol–water partition coefficient (Wildman–Crippen LogP) is 1.30. The summed E-state index contributed by atoms with van der Waals surface area (Å²) in [4.78, 5) is 0. The third-order valence-electron chi connectivity index (χ3n) is 2.02. The van der Waals surface area contributed by atoms with Crippen LogP contribution < -0.4 is 4.72 Å². The van der Waals surface area contributed by atoms with E-state index in [1.165, 1.54) is 7.05 Å². The lowest BCUT2D eigenvalue weighted by Crippen LogP contribution is -2.23. The van der Waals surface area contributed by atoms with Crippen molar-refractivity contribution in [3.8, 4) is 0 Å². The Morgan fingerprint density at radius 3 is 2.23 bits per heavy atom. The number of sulfonamides is 1. The minimum atomic E-state index is -3.20. The standard InChI is InChI=1S/C9H13NO2S/c1-8(13(11,12)10-2)9-6-4-3-5-7-9/h3-8,10H,1-2H3/t8-/m0/s1. The van der Waals surface area contributed by atoms with E-state index < -0.39 is 15.3 Å². The van der Waals surface area contributed by atoms with Crippen LogP contribution in [0.2, 0.25) is 0 Å². The lowest BCUT2D eigenvalue weighted by atomic mass is 10.2. The summed E-state index contributed by atoms with van der Waals surface area (Å²) in [6.07, 6.45) is 0. The van der Waals surface area contributed by atoms with Crippen LogP contribution in [-0.2, 0) is 10.0 Å². The Bertz CT molecular complexity index is 358. The Morgan fingerprint density at radius 2 is 1.77 bits per heavy atom. The van der Waals surface area contributed by atoms with Crippen LogP contribution in [0.15, 0.2) is 30.3 Å². The largest absolute Gasteiger partial charge is 0.218 e. The topological polar surface area (TPSA) is 46.2 Å². The van der Waals surface area contributed by atoms with Gasteiger partial charge >= 0.3 is 0 Å². The maximum Gasteiger partial charge on any atom is 0.218 e. The Hall–Kier alpha value is -0.870. The van der Waals surface area contributed by atoms with Gasteiger partial charge in [-0.25, -0.2) is 13.1 Å². The second kappa shape index (κ2) is 3.89. The summed E-state index contributed by atoms with van der Waals surface area (Å²) in [5.74, 6) is 0. The molecule has 4 heteroatoms. The minimum absolute atomic E-state index is 0.501. The minimum Gasteiger partial charge on any atom is -0.218 e. The van der Waals surface area contributed by atoms with E-state index in [0.29, 0.717) is 0 Å². The van der Waals surface area contributed by atoms with Gasteiger partial charge in [-0.3, -0.25) is 0 Å². The van der Waals surface area contributed by atoms with Gasteiger partial charge in [0.2, 0.25) is 10.0 Å². The molecule has 72 valence electrons. The smallest absolute Gasteiger partial charge is 0.218 e. The van der Waals surface area contributed by atoms with Crippen LogP contribution in [0.1, 0.15) is 17.7 Å². The molecule has 1 rings (SSSR count). The average Bonchev–Trinajstić information content (AvgIpc) is 2.18. The van der Waals surface area contributed by atoms with Gasteiger partial charge in [0.05, 0.1) is 5.25 Å². The molecule has 3 nitrogen and oxygen atoms in total. The van der Waals surface area contributed by atoms with Crippen LogP contribution in [0.3, 0.4) is 0 Å². The molecule has 0 radical (unpaired) electrons. The molecule has 0 saturated heterocycles. The molecule has 1 N–H and O–H groups in total. The normalized spacial score (nSPS) is 14.0. The molecule has 0 aromatic heterocycles. The van der Waals surface area contributed by atoms with E-state index in [0.717, 1.165) is 5.56 Å². The number of hydrogen-bond acceptors (Lipinski definition) is 2. The molecule has 13 heavy (non-hydrogen) atoms. The Balaban J connectivity index is 2.99. The molecule has 0 fully saturated rings. The molecule has 1 atom stereocenters. The maximum absolute atomic E-state index is 11.4. The van der Waals surface area contributed by atoms with Gasteiger partial charge in [0, 0.05) is 0 Å². The van der Waals surface area contributed by atoms with Crippen molar-refractivity contribution in [1.29, 1.82) is 0 Å². The highest BCUT2D eigenvalue weighted by Gasteiger charge is 2.19.